The number of rotatable bonds is 2. The van der Waals surface area contributed by atoms with E-state index in [2.05, 4.69) is 31.9 Å². The van der Waals surface area contributed by atoms with Crippen molar-refractivity contribution in [3.63, 3.8) is 0 Å². The molecule has 0 aliphatic carbocycles. The van der Waals surface area contributed by atoms with Gasteiger partial charge in [0.15, 0.2) is 0 Å². The van der Waals surface area contributed by atoms with Gasteiger partial charge in [-0.2, -0.15) is 0 Å². The number of carbonyl (C=O) groups excluding carboxylic acids is 1. The average Bonchev–Trinajstić information content (AvgIpc) is 2.62. The molecule has 0 saturated heterocycles. The molecule has 17 heavy (non-hydrogen) atoms. The van der Waals surface area contributed by atoms with Gasteiger partial charge in [0, 0.05) is 15.4 Å². The molecule has 0 aliphatic heterocycles. The third-order valence-corrected chi connectivity index (χ3v) is 5.87. The van der Waals surface area contributed by atoms with E-state index in [1.165, 1.54) is 23.5 Å². The van der Waals surface area contributed by atoms with E-state index in [0.717, 1.165) is 14.5 Å². The Bertz CT molecular complexity index is 592. The number of halogens is 3. The topological polar surface area (TPSA) is 17.1 Å². The Kier molecular flexibility index (Phi) is 3.80. The third-order valence-electron chi connectivity index (χ3n) is 2.34. The minimum atomic E-state index is -0.398. The zero-order chi connectivity index (χ0) is 12.6. The van der Waals surface area contributed by atoms with Gasteiger partial charge in [-0.1, -0.05) is 6.07 Å². The van der Waals surface area contributed by atoms with Gasteiger partial charge in [-0.3, -0.25) is 4.79 Å². The maximum Gasteiger partial charge on any atom is 0.204 e. The molecule has 0 N–H and O–H groups in total. The lowest BCUT2D eigenvalue weighted by Crippen LogP contribution is -2.02. The highest BCUT2D eigenvalue weighted by Gasteiger charge is 2.18. The van der Waals surface area contributed by atoms with Gasteiger partial charge in [0.25, 0.3) is 0 Å². The maximum absolute atomic E-state index is 13.2. The van der Waals surface area contributed by atoms with Gasteiger partial charge < -0.3 is 0 Å². The summed E-state index contributed by atoms with van der Waals surface area (Å²) < 4.78 is 14.7. The summed E-state index contributed by atoms with van der Waals surface area (Å²) >= 11 is 8.00. The summed E-state index contributed by atoms with van der Waals surface area (Å²) in [6.07, 6.45) is 0. The lowest BCUT2D eigenvalue weighted by molar-refractivity contribution is 0.104. The first-order valence-corrected chi connectivity index (χ1v) is 7.20. The van der Waals surface area contributed by atoms with Crippen molar-refractivity contribution in [3.8, 4) is 0 Å². The summed E-state index contributed by atoms with van der Waals surface area (Å²) in [4.78, 5) is 12.8. The molecule has 1 aromatic carbocycles. The molecule has 2 rings (SSSR count). The Morgan fingerprint density at radius 1 is 1.35 bits per heavy atom. The first-order chi connectivity index (χ1) is 8.00. The smallest absolute Gasteiger partial charge is 0.204 e. The average molecular weight is 378 g/mol. The minimum Gasteiger partial charge on any atom is -0.288 e. The third kappa shape index (κ3) is 2.51. The molecule has 1 nitrogen and oxygen atoms in total. The van der Waals surface area contributed by atoms with Crippen LogP contribution in [0.5, 0.6) is 0 Å². The fourth-order valence-corrected chi connectivity index (χ4v) is 3.54. The fraction of sp³-hybridized carbons (Fsp3) is 0.0833. The van der Waals surface area contributed by atoms with Crippen LogP contribution in [-0.2, 0) is 0 Å². The van der Waals surface area contributed by atoms with E-state index in [1.54, 1.807) is 13.0 Å². The van der Waals surface area contributed by atoms with Gasteiger partial charge in [-0.15, -0.1) is 11.3 Å². The predicted molar refractivity (Wildman–Crippen MR) is 74.3 cm³/mol. The first-order valence-electron chi connectivity index (χ1n) is 4.74. The number of thiophene rings is 1. The minimum absolute atomic E-state index is 0.162. The van der Waals surface area contributed by atoms with Crippen LogP contribution in [0.15, 0.2) is 32.5 Å². The van der Waals surface area contributed by atoms with Crippen molar-refractivity contribution in [3.05, 3.63) is 54.3 Å². The van der Waals surface area contributed by atoms with Crippen molar-refractivity contribution in [2.45, 2.75) is 6.92 Å². The standard InChI is InChI=1S/C12H7Br2FOS/c1-6-2-3-7(15)4-8(6)11(16)12-10(14)9(13)5-17-12/h2-5H,1H3. The molecule has 0 spiro atoms. The number of hydrogen-bond donors (Lipinski definition) is 0. The van der Waals surface area contributed by atoms with Crippen molar-refractivity contribution in [1.29, 1.82) is 0 Å². The molecule has 0 fully saturated rings. The molecule has 0 saturated carbocycles. The molecule has 0 bridgehead atoms. The zero-order valence-electron chi connectivity index (χ0n) is 8.76. The summed E-state index contributed by atoms with van der Waals surface area (Å²) in [5.74, 6) is -0.560. The second-order valence-electron chi connectivity index (χ2n) is 3.52. The number of ketones is 1. The van der Waals surface area contributed by atoms with Crippen LogP contribution in [-0.4, -0.2) is 5.78 Å². The van der Waals surface area contributed by atoms with Crippen LogP contribution in [0.4, 0.5) is 4.39 Å². The molecule has 0 aliphatic rings. The molecule has 5 heteroatoms. The predicted octanol–water partition coefficient (Wildman–Crippen LogP) is 4.95. The molecule has 1 aromatic heterocycles. The van der Waals surface area contributed by atoms with Crippen LogP contribution >= 0.6 is 43.2 Å². The van der Waals surface area contributed by atoms with Gasteiger partial charge in [-0.05, 0) is 56.5 Å². The summed E-state index contributed by atoms with van der Waals surface area (Å²) in [5, 5.41) is 1.83. The van der Waals surface area contributed by atoms with Gasteiger partial charge in [0.05, 0.1) is 9.35 Å². The van der Waals surface area contributed by atoms with Crippen LogP contribution in [0, 0.1) is 12.7 Å². The second-order valence-corrected chi connectivity index (χ2v) is 6.04. The van der Waals surface area contributed by atoms with Crippen molar-refractivity contribution in [1.82, 2.24) is 0 Å². The molecule has 2 aromatic rings. The fourth-order valence-electron chi connectivity index (χ4n) is 1.44. The Hall–Kier alpha value is -0.520. The molecule has 0 amide bonds. The monoisotopic (exact) mass is 376 g/mol. The molecular formula is C12H7Br2FOS. The highest BCUT2D eigenvalue weighted by Crippen LogP contribution is 2.34. The summed E-state index contributed by atoms with van der Waals surface area (Å²) in [6, 6.07) is 4.24. The number of carbonyl (C=O) groups is 1. The Morgan fingerprint density at radius 2 is 2.06 bits per heavy atom. The van der Waals surface area contributed by atoms with Gasteiger partial charge in [-0.25, -0.2) is 4.39 Å². The Labute approximate surface area is 119 Å². The lowest BCUT2D eigenvalue weighted by atomic mass is 10.0. The van der Waals surface area contributed by atoms with Crippen LogP contribution < -0.4 is 0 Å². The number of benzene rings is 1. The van der Waals surface area contributed by atoms with Crippen molar-refractivity contribution >= 4 is 49.0 Å². The summed E-state index contributed by atoms with van der Waals surface area (Å²) in [6.45, 7) is 1.79. The van der Waals surface area contributed by atoms with Gasteiger partial charge >= 0.3 is 0 Å². The van der Waals surface area contributed by atoms with Crippen molar-refractivity contribution in [2.24, 2.45) is 0 Å². The molecular weight excluding hydrogens is 371 g/mol. The summed E-state index contributed by atoms with van der Waals surface area (Å²) in [5.41, 5.74) is 1.17. The molecule has 0 unspecified atom stereocenters. The van der Waals surface area contributed by atoms with Crippen molar-refractivity contribution in [2.75, 3.05) is 0 Å². The van der Waals surface area contributed by atoms with Crippen LogP contribution in [0.1, 0.15) is 20.8 Å². The highest BCUT2D eigenvalue weighted by molar-refractivity contribution is 9.13. The van der Waals surface area contributed by atoms with Crippen LogP contribution in [0.2, 0.25) is 0 Å². The zero-order valence-corrected chi connectivity index (χ0v) is 12.7. The molecule has 0 radical (unpaired) electrons. The quantitative estimate of drug-likeness (QED) is 0.676. The molecule has 1 heterocycles. The molecule has 88 valence electrons. The first kappa shape index (κ1) is 12.9. The number of aryl methyl sites for hydroxylation is 1. The Morgan fingerprint density at radius 3 is 2.65 bits per heavy atom. The van der Waals surface area contributed by atoms with Gasteiger partial charge in [0.2, 0.25) is 5.78 Å². The van der Waals surface area contributed by atoms with E-state index in [0.29, 0.717) is 10.4 Å². The normalized spacial score (nSPS) is 10.6. The van der Waals surface area contributed by atoms with E-state index in [1.807, 2.05) is 5.38 Å². The molecule has 0 atom stereocenters. The second kappa shape index (κ2) is 5.00. The maximum atomic E-state index is 13.2. The Balaban J connectivity index is 2.51. The van der Waals surface area contributed by atoms with Gasteiger partial charge in [0.1, 0.15) is 5.82 Å². The lowest BCUT2D eigenvalue weighted by Gasteiger charge is -2.04. The SMILES string of the molecule is Cc1ccc(F)cc1C(=O)c1scc(Br)c1Br. The highest BCUT2D eigenvalue weighted by atomic mass is 79.9. The van der Waals surface area contributed by atoms with Crippen LogP contribution in [0.3, 0.4) is 0 Å². The van der Waals surface area contributed by atoms with Crippen LogP contribution in [0.25, 0.3) is 0 Å². The van der Waals surface area contributed by atoms with E-state index in [9.17, 15) is 9.18 Å². The van der Waals surface area contributed by atoms with E-state index in [-0.39, 0.29) is 5.78 Å². The van der Waals surface area contributed by atoms with Crippen molar-refractivity contribution < 1.29 is 9.18 Å². The van der Waals surface area contributed by atoms with E-state index < -0.39 is 5.82 Å². The summed E-state index contributed by atoms with van der Waals surface area (Å²) in [7, 11) is 0. The van der Waals surface area contributed by atoms with E-state index >= 15 is 0 Å². The number of hydrogen-bond acceptors (Lipinski definition) is 2. The largest absolute Gasteiger partial charge is 0.288 e. The van der Waals surface area contributed by atoms with E-state index in [4.69, 9.17) is 0 Å².